The molecule has 0 bridgehead atoms. The maximum absolute atomic E-state index is 11.7. The Balaban J connectivity index is 2.72. The molecule has 3 N–H and O–H groups in total. The van der Waals surface area contributed by atoms with Crippen molar-refractivity contribution in [3.05, 3.63) is 22.2 Å². The average molecular weight is 299 g/mol. The van der Waals surface area contributed by atoms with E-state index in [0.717, 1.165) is 22.1 Å². The summed E-state index contributed by atoms with van der Waals surface area (Å²) < 4.78 is 0.924. The zero-order valence-electron chi connectivity index (χ0n) is 10.5. The molecule has 4 heteroatoms. The maximum atomic E-state index is 11.7. The Hall–Kier alpha value is -1.03. The number of hydrogen-bond acceptors (Lipinski definition) is 2. The summed E-state index contributed by atoms with van der Waals surface area (Å²) in [4.78, 5) is 11.7. The Kier molecular flexibility index (Phi) is 5.00. The molecule has 3 nitrogen and oxygen atoms in total. The molecule has 0 spiro atoms. The summed E-state index contributed by atoms with van der Waals surface area (Å²) in [5, 5.41) is 2.88. The molecule has 94 valence electrons. The molecule has 1 aromatic carbocycles. The van der Waals surface area contributed by atoms with Crippen LogP contribution in [-0.2, 0) is 4.79 Å². The molecule has 0 aromatic heterocycles. The molecule has 0 fully saturated rings. The SMILES string of the molecule is Cc1cc(Br)cc(N)c1NC(=O)CCC(C)C. The summed E-state index contributed by atoms with van der Waals surface area (Å²) in [6, 6.07) is 3.74. The third-order valence-electron chi connectivity index (χ3n) is 2.54. The van der Waals surface area contributed by atoms with E-state index < -0.39 is 0 Å². The van der Waals surface area contributed by atoms with Crippen molar-refractivity contribution in [3.63, 3.8) is 0 Å². The van der Waals surface area contributed by atoms with Gasteiger partial charge in [-0.05, 0) is 37.0 Å². The standard InChI is InChI=1S/C13H19BrN2O/c1-8(2)4-5-12(17)16-13-9(3)6-10(14)7-11(13)15/h6-8H,4-5,15H2,1-3H3,(H,16,17). The van der Waals surface area contributed by atoms with E-state index in [9.17, 15) is 4.79 Å². The van der Waals surface area contributed by atoms with Gasteiger partial charge in [-0.25, -0.2) is 0 Å². The molecule has 0 heterocycles. The molecule has 0 aliphatic heterocycles. The number of anilines is 2. The average Bonchev–Trinajstić information content (AvgIpc) is 2.20. The van der Waals surface area contributed by atoms with Gasteiger partial charge in [0.05, 0.1) is 11.4 Å². The molecule has 0 atom stereocenters. The van der Waals surface area contributed by atoms with Crippen molar-refractivity contribution in [2.45, 2.75) is 33.6 Å². The molecule has 1 rings (SSSR count). The number of nitrogens with one attached hydrogen (secondary N) is 1. The topological polar surface area (TPSA) is 55.1 Å². The van der Waals surface area contributed by atoms with E-state index in [2.05, 4.69) is 35.1 Å². The molecular formula is C13H19BrN2O. The van der Waals surface area contributed by atoms with E-state index >= 15 is 0 Å². The van der Waals surface area contributed by atoms with Crippen molar-refractivity contribution in [1.29, 1.82) is 0 Å². The first-order chi connectivity index (χ1) is 7.90. The highest BCUT2D eigenvalue weighted by molar-refractivity contribution is 9.10. The zero-order chi connectivity index (χ0) is 13.0. The van der Waals surface area contributed by atoms with Crippen molar-refractivity contribution < 1.29 is 4.79 Å². The van der Waals surface area contributed by atoms with Crippen LogP contribution in [0.15, 0.2) is 16.6 Å². The quantitative estimate of drug-likeness (QED) is 0.833. The Bertz CT molecular complexity index is 393. The summed E-state index contributed by atoms with van der Waals surface area (Å²) in [6.45, 7) is 6.14. The highest BCUT2D eigenvalue weighted by Gasteiger charge is 2.09. The van der Waals surface area contributed by atoms with Crippen LogP contribution in [0.25, 0.3) is 0 Å². The first kappa shape index (κ1) is 14.0. The largest absolute Gasteiger partial charge is 0.397 e. The first-order valence-corrected chi connectivity index (χ1v) is 6.55. The smallest absolute Gasteiger partial charge is 0.224 e. The van der Waals surface area contributed by atoms with Crippen LogP contribution in [0, 0.1) is 12.8 Å². The van der Waals surface area contributed by atoms with Crippen molar-refractivity contribution in [2.75, 3.05) is 11.1 Å². The van der Waals surface area contributed by atoms with Crippen LogP contribution in [0.3, 0.4) is 0 Å². The Morgan fingerprint density at radius 1 is 1.47 bits per heavy atom. The molecule has 0 saturated carbocycles. The summed E-state index contributed by atoms with van der Waals surface area (Å²) in [5.74, 6) is 0.555. The third kappa shape index (κ3) is 4.38. The number of nitrogens with two attached hydrogens (primary N) is 1. The third-order valence-corrected chi connectivity index (χ3v) is 3.00. The predicted molar refractivity (Wildman–Crippen MR) is 76.0 cm³/mol. The van der Waals surface area contributed by atoms with Crippen LogP contribution in [-0.4, -0.2) is 5.91 Å². The molecular weight excluding hydrogens is 280 g/mol. The van der Waals surface area contributed by atoms with Crippen LogP contribution in [0.1, 0.15) is 32.3 Å². The molecule has 1 amide bonds. The number of benzene rings is 1. The van der Waals surface area contributed by atoms with Gasteiger partial charge in [0.1, 0.15) is 0 Å². The number of aryl methyl sites for hydroxylation is 1. The van der Waals surface area contributed by atoms with E-state index in [-0.39, 0.29) is 5.91 Å². The Morgan fingerprint density at radius 2 is 2.12 bits per heavy atom. The minimum atomic E-state index is 0.0239. The Morgan fingerprint density at radius 3 is 2.65 bits per heavy atom. The number of carbonyl (C=O) groups is 1. The van der Waals surface area contributed by atoms with Gasteiger partial charge in [-0.3, -0.25) is 4.79 Å². The van der Waals surface area contributed by atoms with Crippen molar-refractivity contribution in [2.24, 2.45) is 5.92 Å². The van der Waals surface area contributed by atoms with E-state index in [1.807, 2.05) is 13.0 Å². The van der Waals surface area contributed by atoms with Gasteiger partial charge in [0, 0.05) is 10.9 Å². The van der Waals surface area contributed by atoms with Crippen LogP contribution in [0.5, 0.6) is 0 Å². The summed E-state index contributed by atoms with van der Waals surface area (Å²) >= 11 is 3.37. The maximum Gasteiger partial charge on any atom is 0.224 e. The van der Waals surface area contributed by atoms with Gasteiger partial charge >= 0.3 is 0 Å². The van der Waals surface area contributed by atoms with Crippen molar-refractivity contribution in [3.8, 4) is 0 Å². The van der Waals surface area contributed by atoms with Gasteiger partial charge in [-0.15, -0.1) is 0 Å². The van der Waals surface area contributed by atoms with Gasteiger partial charge in [0.25, 0.3) is 0 Å². The van der Waals surface area contributed by atoms with Crippen LogP contribution >= 0.6 is 15.9 Å². The molecule has 1 aromatic rings. The number of rotatable bonds is 4. The van der Waals surface area contributed by atoms with E-state index in [1.54, 1.807) is 6.07 Å². The summed E-state index contributed by atoms with van der Waals surface area (Å²) in [7, 11) is 0. The highest BCUT2D eigenvalue weighted by atomic mass is 79.9. The lowest BCUT2D eigenvalue weighted by atomic mass is 10.1. The molecule has 0 unspecified atom stereocenters. The van der Waals surface area contributed by atoms with Crippen molar-refractivity contribution >= 4 is 33.2 Å². The van der Waals surface area contributed by atoms with Gasteiger partial charge in [0.2, 0.25) is 5.91 Å². The molecule has 17 heavy (non-hydrogen) atoms. The number of hydrogen-bond donors (Lipinski definition) is 2. The molecule has 0 aliphatic carbocycles. The minimum Gasteiger partial charge on any atom is -0.397 e. The lowest BCUT2D eigenvalue weighted by Crippen LogP contribution is -2.14. The number of amides is 1. The fraction of sp³-hybridized carbons (Fsp3) is 0.462. The minimum absolute atomic E-state index is 0.0239. The van der Waals surface area contributed by atoms with Gasteiger partial charge < -0.3 is 11.1 Å². The van der Waals surface area contributed by atoms with Gasteiger partial charge in [-0.2, -0.15) is 0 Å². The van der Waals surface area contributed by atoms with Gasteiger partial charge in [-0.1, -0.05) is 29.8 Å². The van der Waals surface area contributed by atoms with E-state index in [1.165, 1.54) is 0 Å². The second kappa shape index (κ2) is 6.05. The number of halogens is 1. The molecule has 0 aliphatic rings. The van der Waals surface area contributed by atoms with Crippen LogP contribution < -0.4 is 11.1 Å². The van der Waals surface area contributed by atoms with Crippen LogP contribution in [0.4, 0.5) is 11.4 Å². The lowest BCUT2D eigenvalue weighted by molar-refractivity contribution is -0.116. The summed E-state index contributed by atoms with van der Waals surface area (Å²) in [5.41, 5.74) is 8.17. The molecule has 0 saturated heterocycles. The first-order valence-electron chi connectivity index (χ1n) is 5.75. The monoisotopic (exact) mass is 298 g/mol. The summed E-state index contributed by atoms with van der Waals surface area (Å²) in [6.07, 6.45) is 1.42. The fourth-order valence-electron chi connectivity index (χ4n) is 1.56. The second-order valence-corrected chi connectivity index (χ2v) is 5.58. The van der Waals surface area contributed by atoms with E-state index in [0.29, 0.717) is 18.0 Å². The Labute approximate surface area is 111 Å². The van der Waals surface area contributed by atoms with E-state index in [4.69, 9.17) is 5.73 Å². The van der Waals surface area contributed by atoms with Crippen molar-refractivity contribution in [1.82, 2.24) is 0 Å². The van der Waals surface area contributed by atoms with Crippen LogP contribution in [0.2, 0.25) is 0 Å². The second-order valence-electron chi connectivity index (χ2n) is 4.67. The normalized spacial score (nSPS) is 10.6. The predicted octanol–water partition coefficient (Wildman–Crippen LogP) is 3.71. The number of nitrogen functional groups attached to an aromatic ring is 1. The van der Waals surface area contributed by atoms with Gasteiger partial charge in [0.15, 0.2) is 0 Å². The lowest BCUT2D eigenvalue weighted by Gasteiger charge is -2.12. The highest BCUT2D eigenvalue weighted by Crippen LogP contribution is 2.28. The molecule has 0 radical (unpaired) electrons. The number of carbonyl (C=O) groups excluding carboxylic acids is 1. The fourth-order valence-corrected chi connectivity index (χ4v) is 2.15. The zero-order valence-corrected chi connectivity index (χ0v) is 12.1.